The lowest BCUT2D eigenvalue weighted by Gasteiger charge is -2.16. The summed E-state index contributed by atoms with van der Waals surface area (Å²) >= 11 is 0. The van der Waals surface area contributed by atoms with E-state index >= 15 is 0 Å². The molecule has 0 spiro atoms. The van der Waals surface area contributed by atoms with E-state index < -0.39 is 5.92 Å². The largest absolute Gasteiger partial charge is 0.426 e. The van der Waals surface area contributed by atoms with Crippen LogP contribution in [0.3, 0.4) is 0 Å². The van der Waals surface area contributed by atoms with Crippen LogP contribution in [-0.2, 0) is 16.0 Å². The van der Waals surface area contributed by atoms with Crippen LogP contribution in [0.4, 0.5) is 5.69 Å². The van der Waals surface area contributed by atoms with E-state index in [1.165, 1.54) is 5.56 Å². The quantitative estimate of drug-likeness (QED) is 0.639. The van der Waals surface area contributed by atoms with Crippen molar-refractivity contribution in [3.63, 3.8) is 0 Å². The van der Waals surface area contributed by atoms with Gasteiger partial charge in [0.1, 0.15) is 5.75 Å². The molecule has 0 radical (unpaired) electrons. The summed E-state index contributed by atoms with van der Waals surface area (Å²) in [6, 6.07) is 15.2. The zero-order valence-electron chi connectivity index (χ0n) is 14.0. The first-order chi connectivity index (χ1) is 11.6. The molecule has 1 amide bonds. The van der Waals surface area contributed by atoms with E-state index in [-0.39, 0.29) is 18.3 Å². The summed E-state index contributed by atoms with van der Waals surface area (Å²) in [7, 11) is 0. The average molecular weight is 323 g/mol. The number of hydrogen-bond acceptors (Lipinski definition) is 3. The van der Waals surface area contributed by atoms with Crippen molar-refractivity contribution in [2.45, 2.75) is 26.7 Å². The van der Waals surface area contributed by atoms with Crippen LogP contribution in [0.1, 0.15) is 24.5 Å². The maximum Gasteiger partial charge on any atom is 0.316 e. The number of carbonyl (C=O) groups is 2. The molecule has 1 heterocycles. The van der Waals surface area contributed by atoms with E-state index in [0.29, 0.717) is 12.3 Å². The van der Waals surface area contributed by atoms with E-state index in [0.717, 1.165) is 17.7 Å². The van der Waals surface area contributed by atoms with Crippen molar-refractivity contribution in [3.8, 4) is 5.75 Å². The number of aryl methyl sites for hydroxylation is 2. The van der Waals surface area contributed by atoms with Crippen molar-refractivity contribution in [2.24, 2.45) is 5.92 Å². The van der Waals surface area contributed by atoms with Gasteiger partial charge in [-0.3, -0.25) is 9.59 Å². The molecule has 0 N–H and O–H groups in total. The van der Waals surface area contributed by atoms with E-state index in [4.69, 9.17) is 4.74 Å². The van der Waals surface area contributed by atoms with Gasteiger partial charge in [0.2, 0.25) is 5.91 Å². The molecule has 2 aromatic carbocycles. The number of esters is 1. The lowest BCUT2D eigenvalue weighted by atomic mass is 10.1. The smallest absolute Gasteiger partial charge is 0.316 e. The Bertz CT molecular complexity index is 734. The van der Waals surface area contributed by atoms with Crippen LogP contribution in [0.15, 0.2) is 48.5 Å². The summed E-state index contributed by atoms with van der Waals surface area (Å²) in [5.41, 5.74) is 3.15. The van der Waals surface area contributed by atoms with Gasteiger partial charge in [0.15, 0.2) is 0 Å². The number of anilines is 1. The van der Waals surface area contributed by atoms with Gasteiger partial charge in [0, 0.05) is 18.7 Å². The highest BCUT2D eigenvalue weighted by atomic mass is 16.5. The first-order valence-electron chi connectivity index (χ1n) is 8.24. The second kappa shape index (κ2) is 6.87. The molecule has 1 saturated heterocycles. The van der Waals surface area contributed by atoms with Crippen LogP contribution in [0.2, 0.25) is 0 Å². The Kier molecular flexibility index (Phi) is 4.65. The van der Waals surface area contributed by atoms with Gasteiger partial charge in [-0.2, -0.15) is 0 Å². The predicted octanol–water partition coefficient (Wildman–Crippen LogP) is 3.52. The highest BCUT2D eigenvalue weighted by Crippen LogP contribution is 2.26. The summed E-state index contributed by atoms with van der Waals surface area (Å²) in [6.07, 6.45) is 1.14. The zero-order valence-corrected chi connectivity index (χ0v) is 14.0. The van der Waals surface area contributed by atoms with E-state index in [1.54, 1.807) is 17.0 Å². The highest BCUT2D eigenvalue weighted by Gasteiger charge is 2.36. The molecule has 3 rings (SSSR count). The fourth-order valence-electron chi connectivity index (χ4n) is 2.83. The van der Waals surface area contributed by atoms with Gasteiger partial charge >= 0.3 is 5.97 Å². The molecule has 24 heavy (non-hydrogen) atoms. The van der Waals surface area contributed by atoms with Crippen molar-refractivity contribution < 1.29 is 14.3 Å². The molecule has 0 aromatic heterocycles. The Hall–Kier alpha value is -2.62. The molecule has 1 aliphatic heterocycles. The number of carbonyl (C=O) groups excluding carboxylic acids is 2. The van der Waals surface area contributed by atoms with Crippen molar-refractivity contribution in [1.82, 2.24) is 0 Å². The maximum absolute atomic E-state index is 12.3. The summed E-state index contributed by atoms with van der Waals surface area (Å²) < 4.78 is 5.43. The van der Waals surface area contributed by atoms with E-state index in [1.807, 2.05) is 43.3 Å². The standard InChI is InChI=1S/C20H21NO3/c1-3-15-6-10-18(11-7-15)24-20(23)16-12-19(22)21(13-16)17-8-4-14(2)5-9-17/h4-11,16H,3,12-13H2,1-2H3. The minimum absolute atomic E-state index is 0.0397. The number of benzene rings is 2. The molecule has 1 aliphatic rings. The molecule has 0 bridgehead atoms. The van der Waals surface area contributed by atoms with Crippen LogP contribution in [0, 0.1) is 12.8 Å². The van der Waals surface area contributed by atoms with Crippen molar-refractivity contribution in [1.29, 1.82) is 0 Å². The van der Waals surface area contributed by atoms with Crippen LogP contribution < -0.4 is 9.64 Å². The van der Waals surface area contributed by atoms with Crippen LogP contribution >= 0.6 is 0 Å². The van der Waals surface area contributed by atoms with Crippen LogP contribution in [0.5, 0.6) is 5.75 Å². The van der Waals surface area contributed by atoms with Gasteiger partial charge in [0.25, 0.3) is 0 Å². The average Bonchev–Trinajstić information content (AvgIpc) is 2.98. The molecule has 124 valence electrons. The van der Waals surface area contributed by atoms with E-state index in [9.17, 15) is 9.59 Å². The summed E-state index contributed by atoms with van der Waals surface area (Å²) in [6.45, 7) is 4.44. The Balaban J connectivity index is 1.66. The Morgan fingerprint density at radius 3 is 2.42 bits per heavy atom. The van der Waals surface area contributed by atoms with Gasteiger partial charge in [-0.1, -0.05) is 36.8 Å². The second-order valence-electron chi connectivity index (χ2n) is 6.16. The van der Waals surface area contributed by atoms with Crippen LogP contribution in [0.25, 0.3) is 0 Å². The summed E-state index contributed by atoms with van der Waals surface area (Å²) in [5.74, 6) is -0.285. The topological polar surface area (TPSA) is 46.6 Å². The van der Waals surface area contributed by atoms with E-state index in [2.05, 4.69) is 6.92 Å². The van der Waals surface area contributed by atoms with Crippen molar-refractivity contribution in [3.05, 3.63) is 59.7 Å². The van der Waals surface area contributed by atoms with Gasteiger partial charge < -0.3 is 9.64 Å². The Morgan fingerprint density at radius 2 is 1.79 bits per heavy atom. The zero-order chi connectivity index (χ0) is 17.1. The fraction of sp³-hybridized carbons (Fsp3) is 0.300. The lowest BCUT2D eigenvalue weighted by Crippen LogP contribution is -2.27. The van der Waals surface area contributed by atoms with Gasteiger partial charge in [-0.05, 0) is 43.2 Å². The second-order valence-corrected chi connectivity index (χ2v) is 6.16. The number of hydrogen-bond donors (Lipinski definition) is 0. The number of amides is 1. The first kappa shape index (κ1) is 16.2. The molecule has 1 fully saturated rings. The summed E-state index contributed by atoms with van der Waals surface area (Å²) in [5, 5.41) is 0. The van der Waals surface area contributed by atoms with Crippen molar-refractivity contribution >= 4 is 17.6 Å². The molecule has 4 heteroatoms. The molecule has 1 atom stereocenters. The van der Waals surface area contributed by atoms with Crippen LogP contribution in [-0.4, -0.2) is 18.4 Å². The molecule has 0 aliphatic carbocycles. The molecular weight excluding hydrogens is 302 g/mol. The van der Waals surface area contributed by atoms with Gasteiger partial charge in [-0.15, -0.1) is 0 Å². The number of ether oxygens (including phenoxy) is 1. The molecule has 2 aromatic rings. The fourth-order valence-corrected chi connectivity index (χ4v) is 2.83. The normalized spacial score (nSPS) is 17.2. The monoisotopic (exact) mass is 323 g/mol. The predicted molar refractivity (Wildman–Crippen MR) is 93.1 cm³/mol. The third kappa shape index (κ3) is 3.48. The third-order valence-corrected chi connectivity index (χ3v) is 4.35. The maximum atomic E-state index is 12.3. The molecule has 1 unspecified atom stereocenters. The minimum atomic E-state index is -0.426. The molecule has 0 saturated carbocycles. The van der Waals surface area contributed by atoms with Crippen molar-refractivity contribution in [2.75, 3.05) is 11.4 Å². The minimum Gasteiger partial charge on any atom is -0.426 e. The Morgan fingerprint density at radius 1 is 1.12 bits per heavy atom. The number of rotatable bonds is 4. The van der Waals surface area contributed by atoms with Gasteiger partial charge in [0.05, 0.1) is 5.92 Å². The van der Waals surface area contributed by atoms with Gasteiger partial charge in [-0.25, -0.2) is 0 Å². The third-order valence-electron chi connectivity index (χ3n) is 4.35. The Labute approximate surface area is 142 Å². The molecular formula is C20H21NO3. The summed E-state index contributed by atoms with van der Waals surface area (Å²) in [4.78, 5) is 26.2. The highest BCUT2D eigenvalue weighted by molar-refractivity contribution is 5.99. The first-order valence-corrected chi connectivity index (χ1v) is 8.24. The molecule has 4 nitrogen and oxygen atoms in total. The number of nitrogens with zero attached hydrogens (tertiary/aromatic N) is 1. The SMILES string of the molecule is CCc1ccc(OC(=O)C2CC(=O)N(c3ccc(C)cc3)C2)cc1. The lowest BCUT2D eigenvalue weighted by molar-refractivity contribution is -0.139.